The number of hydrogen-bond acceptors (Lipinski definition) is 4. The van der Waals surface area contributed by atoms with Gasteiger partial charge in [0.25, 0.3) is 0 Å². The summed E-state index contributed by atoms with van der Waals surface area (Å²) in [5.74, 6) is -0.393. The maximum Gasteiger partial charge on any atom is 0.489 e. The lowest BCUT2D eigenvalue weighted by molar-refractivity contribution is -0.139. The summed E-state index contributed by atoms with van der Waals surface area (Å²) in [5.41, 5.74) is 0.799. The molecule has 80 valence electrons. The minimum atomic E-state index is -1.64. The van der Waals surface area contributed by atoms with E-state index in [1.54, 1.807) is 6.07 Å². The molecule has 0 aliphatic rings. The van der Waals surface area contributed by atoms with Crippen molar-refractivity contribution in [3.05, 3.63) is 28.8 Å². The molecule has 0 fully saturated rings. The van der Waals surface area contributed by atoms with Crippen LogP contribution in [-0.2, 0) is 16.0 Å². The molecule has 4 nitrogen and oxygen atoms in total. The molecule has 0 bridgehead atoms. The van der Waals surface area contributed by atoms with Gasteiger partial charge in [0.15, 0.2) is 0 Å². The molecule has 2 N–H and O–H groups in total. The van der Waals surface area contributed by atoms with Gasteiger partial charge >= 0.3 is 13.1 Å². The zero-order valence-electron chi connectivity index (χ0n) is 8.11. The highest BCUT2D eigenvalue weighted by Crippen LogP contribution is 2.09. The van der Waals surface area contributed by atoms with E-state index in [1.165, 1.54) is 19.2 Å². The first-order chi connectivity index (χ1) is 7.04. The third-order valence-electron chi connectivity index (χ3n) is 1.91. The second-order valence-electron chi connectivity index (χ2n) is 2.98. The molecule has 6 heteroatoms. The molecule has 0 atom stereocenters. The van der Waals surface area contributed by atoms with Crippen molar-refractivity contribution in [1.29, 1.82) is 0 Å². The Labute approximate surface area is 92.6 Å². The molecule has 0 heterocycles. The van der Waals surface area contributed by atoms with E-state index in [4.69, 9.17) is 21.6 Å². The van der Waals surface area contributed by atoms with Crippen LogP contribution in [-0.4, -0.2) is 30.2 Å². The average molecular weight is 228 g/mol. The van der Waals surface area contributed by atoms with Gasteiger partial charge in [-0.05, 0) is 11.6 Å². The van der Waals surface area contributed by atoms with Gasteiger partial charge in [0.1, 0.15) is 0 Å². The molecular formula is C9H10BClO4. The molecule has 0 amide bonds. The standard InChI is InChI=1S/C9H10BClO4/c1-15-9(12)5-6-2-3-8(11)7(4-6)10(13)14/h2-4,13-14H,5H2,1H3. The van der Waals surface area contributed by atoms with Crippen molar-refractivity contribution in [2.24, 2.45) is 0 Å². The highest BCUT2D eigenvalue weighted by atomic mass is 35.5. The van der Waals surface area contributed by atoms with Gasteiger partial charge in [0, 0.05) is 10.5 Å². The largest absolute Gasteiger partial charge is 0.489 e. The Morgan fingerprint density at radius 2 is 2.20 bits per heavy atom. The predicted molar refractivity (Wildman–Crippen MR) is 57.0 cm³/mol. The second-order valence-corrected chi connectivity index (χ2v) is 3.39. The molecule has 1 aromatic carbocycles. The Balaban J connectivity index is 2.92. The third-order valence-corrected chi connectivity index (χ3v) is 2.26. The maximum absolute atomic E-state index is 11.0. The minimum absolute atomic E-state index is 0.0768. The number of esters is 1. The Hall–Kier alpha value is -1.04. The second kappa shape index (κ2) is 5.16. The third kappa shape index (κ3) is 3.23. The quantitative estimate of drug-likeness (QED) is 0.552. The maximum atomic E-state index is 11.0. The molecule has 0 aromatic heterocycles. The Kier molecular flexibility index (Phi) is 4.14. The molecule has 1 aromatic rings. The Bertz CT molecular complexity index is 367. The van der Waals surface area contributed by atoms with E-state index >= 15 is 0 Å². The minimum Gasteiger partial charge on any atom is -0.469 e. The number of benzene rings is 1. The summed E-state index contributed by atoms with van der Waals surface area (Å²) in [5, 5.41) is 18.2. The molecule has 0 unspecified atom stereocenters. The fourth-order valence-electron chi connectivity index (χ4n) is 1.14. The monoisotopic (exact) mass is 228 g/mol. The fourth-order valence-corrected chi connectivity index (χ4v) is 1.36. The first kappa shape index (κ1) is 12.0. The van der Waals surface area contributed by atoms with Crippen molar-refractivity contribution < 1.29 is 19.6 Å². The first-order valence-corrected chi connectivity index (χ1v) is 4.63. The number of ether oxygens (including phenoxy) is 1. The van der Waals surface area contributed by atoms with E-state index in [0.29, 0.717) is 5.56 Å². The highest BCUT2D eigenvalue weighted by Gasteiger charge is 2.16. The topological polar surface area (TPSA) is 66.8 Å². The van der Waals surface area contributed by atoms with Crippen molar-refractivity contribution in [3.8, 4) is 0 Å². The lowest BCUT2D eigenvalue weighted by Crippen LogP contribution is -2.31. The molecule has 0 radical (unpaired) electrons. The number of methoxy groups -OCH3 is 1. The zero-order chi connectivity index (χ0) is 11.4. The lowest BCUT2D eigenvalue weighted by Gasteiger charge is -2.05. The highest BCUT2D eigenvalue weighted by molar-refractivity contribution is 6.62. The van der Waals surface area contributed by atoms with Crippen LogP contribution < -0.4 is 5.46 Å². The summed E-state index contributed by atoms with van der Waals surface area (Å²) in [7, 11) is -0.352. The first-order valence-electron chi connectivity index (χ1n) is 4.26. The fraction of sp³-hybridized carbons (Fsp3) is 0.222. The van der Waals surface area contributed by atoms with Gasteiger partial charge in [0.05, 0.1) is 13.5 Å². The van der Waals surface area contributed by atoms with Gasteiger partial charge < -0.3 is 14.8 Å². The van der Waals surface area contributed by atoms with E-state index in [1.807, 2.05) is 0 Å². The van der Waals surface area contributed by atoms with Gasteiger partial charge in [-0.3, -0.25) is 4.79 Å². The number of carbonyl (C=O) groups is 1. The van der Waals surface area contributed by atoms with Crippen molar-refractivity contribution in [3.63, 3.8) is 0 Å². The molecule has 0 aliphatic heterocycles. The van der Waals surface area contributed by atoms with Gasteiger partial charge in [-0.1, -0.05) is 23.7 Å². The van der Waals surface area contributed by atoms with E-state index in [-0.39, 0.29) is 16.9 Å². The molecule has 0 spiro atoms. The molecule has 0 aliphatic carbocycles. The summed E-state index contributed by atoms with van der Waals surface area (Å²) < 4.78 is 4.49. The number of carbonyl (C=O) groups excluding carboxylic acids is 1. The van der Waals surface area contributed by atoms with Crippen LogP contribution in [0.5, 0.6) is 0 Å². The van der Waals surface area contributed by atoms with Crippen LogP contribution in [0.1, 0.15) is 5.56 Å². The van der Waals surface area contributed by atoms with Crippen LogP contribution >= 0.6 is 11.6 Å². The summed E-state index contributed by atoms with van der Waals surface area (Å²) in [4.78, 5) is 11.0. The summed E-state index contributed by atoms with van der Waals surface area (Å²) in [6.45, 7) is 0. The van der Waals surface area contributed by atoms with Gasteiger partial charge in [-0.25, -0.2) is 0 Å². The van der Waals surface area contributed by atoms with Crippen LogP contribution in [0.2, 0.25) is 5.02 Å². The van der Waals surface area contributed by atoms with Crippen molar-refractivity contribution in [2.45, 2.75) is 6.42 Å². The summed E-state index contributed by atoms with van der Waals surface area (Å²) in [6.07, 6.45) is 0.0768. The van der Waals surface area contributed by atoms with Crippen LogP contribution in [0.3, 0.4) is 0 Å². The number of halogens is 1. The Morgan fingerprint density at radius 3 is 2.73 bits per heavy atom. The predicted octanol–water partition coefficient (Wildman–Crippen LogP) is -0.265. The SMILES string of the molecule is COC(=O)Cc1ccc(Cl)c(B(O)O)c1. The molecular weight excluding hydrogens is 218 g/mol. The van der Waals surface area contributed by atoms with Crippen LogP contribution in [0, 0.1) is 0 Å². The van der Waals surface area contributed by atoms with E-state index in [2.05, 4.69) is 4.74 Å². The van der Waals surface area contributed by atoms with Crippen LogP contribution in [0.15, 0.2) is 18.2 Å². The van der Waals surface area contributed by atoms with E-state index < -0.39 is 13.1 Å². The van der Waals surface area contributed by atoms with Crippen LogP contribution in [0.25, 0.3) is 0 Å². The normalized spacial score (nSPS) is 9.87. The van der Waals surface area contributed by atoms with Gasteiger partial charge in [0.2, 0.25) is 0 Å². The smallest absolute Gasteiger partial charge is 0.469 e. The lowest BCUT2D eigenvalue weighted by atomic mass is 9.79. The van der Waals surface area contributed by atoms with Crippen LogP contribution in [0.4, 0.5) is 0 Å². The summed E-state index contributed by atoms with van der Waals surface area (Å²) >= 11 is 5.73. The molecule has 0 saturated heterocycles. The molecule has 0 saturated carbocycles. The number of hydrogen-bond donors (Lipinski definition) is 2. The van der Waals surface area contributed by atoms with Gasteiger partial charge in [-0.2, -0.15) is 0 Å². The van der Waals surface area contributed by atoms with Crippen molar-refractivity contribution in [2.75, 3.05) is 7.11 Å². The van der Waals surface area contributed by atoms with Gasteiger partial charge in [-0.15, -0.1) is 0 Å². The van der Waals surface area contributed by atoms with Crippen molar-refractivity contribution in [1.82, 2.24) is 0 Å². The average Bonchev–Trinajstić information content (AvgIpc) is 2.20. The Morgan fingerprint density at radius 1 is 1.53 bits per heavy atom. The van der Waals surface area contributed by atoms with Crippen molar-refractivity contribution >= 4 is 30.2 Å². The molecule has 15 heavy (non-hydrogen) atoms. The zero-order valence-corrected chi connectivity index (χ0v) is 8.86. The summed E-state index contributed by atoms with van der Waals surface area (Å²) in [6, 6.07) is 4.60. The molecule has 1 rings (SSSR count). The van der Waals surface area contributed by atoms with E-state index in [9.17, 15) is 4.79 Å². The number of rotatable bonds is 3. The van der Waals surface area contributed by atoms with E-state index in [0.717, 1.165) is 0 Å².